The predicted molar refractivity (Wildman–Crippen MR) is 398 cm³/mol. The second kappa shape index (κ2) is 30.0. The molecule has 0 bridgehead atoms. The van der Waals surface area contributed by atoms with Crippen molar-refractivity contribution in [1.29, 1.82) is 0 Å². The Balaban J connectivity index is 0.000000128. The maximum atomic E-state index is 6.59. The van der Waals surface area contributed by atoms with E-state index in [1.807, 2.05) is 140 Å². The summed E-state index contributed by atoms with van der Waals surface area (Å²) in [7, 11) is 8.33. The van der Waals surface area contributed by atoms with Crippen molar-refractivity contribution in [2.75, 3.05) is 71.6 Å². The molecule has 19 heteroatoms. The Morgan fingerprint density at radius 2 is 0.849 bits per heavy atom. The van der Waals surface area contributed by atoms with Gasteiger partial charge in [-0.05, 0) is 225 Å². The van der Waals surface area contributed by atoms with E-state index < -0.39 is 0 Å². The average molecular weight is 1420 g/mol. The lowest BCUT2D eigenvalue weighted by molar-refractivity contribution is 0.00578. The number of hydrogen-bond acceptors (Lipinski definition) is 13. The molecule has 9 aromatic rings. The number of rotatable bonds is 7. The van der Waals surface area contributed by atoms with Crippen molar-refractivity contribution in [3.63, 3.8) is 0 Å². The number of hydrogen-bond donors (Lipinski definition) is 4. The highest BCUT2D eigenvalue weighted by atomic mass is 127. The van der Waals surface area contributed by atoms with Crippen LogP contribution in [-0.4, -0.2) is 117 Å². The fourth-order valence-electron chi connectivity index (χ4n) is 13.7. The van der Waals surface area contributed by atoms with Gasteiger partial charge in [0.1, 0.15) is 0 Å². The van der Waals surface area contributed by atoms with Crippen LogP contribution >= 0.6 is 57.4 Å². The number of para-hydroxylation sites is 4. The van der Waals surface area contributed by atoms with Crippen molar-refractivity contribution in [2.24, 2.45) is 0 Å². The third kappa shape index (κ3) is 15.1. The largest absolute Gasteiger partial charge is 0.496 e. The minimum Gasteiger partial charge on any atom is -0.399 e. The molecule has 0 radical (unpaired) electrons. The number of nitrogen functional groups attached to an aromatic ring is 3. The SMILES string of the molecule is CC1(C)OB(c2ccccc2N)OC1(C)C.Cc1ncc([C@@H]2CCCN2C)c(-c2ccccc2N)c1Cl.Cc1ncc([C@@H]2CCCN2C)c(-c2ccccc2N)c1Cl.Cc1ncc([C@@H]2CCCN2C)c(I)c1Cl.Cc1ncc([C@@H]2CCCN2C)c2c1[nH]c1ccccc12. The number of aromatic nitrogens is 5. The molecule has 0 amide bonds. The number of aryl methyl sites for hydroxylation is 4. The van der Waals surface area contributed by atoms with Crippen molar-refractivity contribution >= 4 is 109 Å². The fourth-order valence-corrected chi connectivity index (χ4v) is 15.2. The minimum atomic E-state index is -0.369. The monoisotopic (exact) mass is 1420 g/mol. The molecule has 4 atom stereocenters. The first kappa shape index (κ1) is 69.9. The van der Waals surface area contributed by atoms with Gasteiger partial charge in [0.2, 0.25) is 0 Å². The maximum Gasteiger partial charge on any atom is 0.496 e. The van der Waals surface area contributed by atoms with E-state index in [1.165, 1.54) is 99.2 Å². The van der Waals surface area contributed by atoms with E-state index in [9.17, 15) is 0 Å². The molecule has 5 aromatic heterocycles. The second-order valence-corrected chi connectivity index (χ2v) is 28.8. The standard InChI is InChI=1S/2C17H20ClN3.C17H19N3.C12H18BNO2.C11H14ClIN2/c2*1-11-17(18)16(12-6-3-4-7-14(12)19)13(10-20-11)15-8-5-9-21(15)2;1-11-17-16(12-6-3-4-7-14(12)19-17)13(10-18-11)15-8-5-9-20(15)2;1-11(2)12(3,4)16-13(15-11)9-7-5-6-8-10(9)14;1-7-10(12)11(13)8(6-14-7)9-4-3-5-15(9)2/h2*3-4,6-7,10,15H,5,8-9,19H2,1-2H3;3-4,6-7,10,15,19H,5,8-9H2,1-2H3;5-8H,14H2,1-4H3;6,9H,3-5H2,1-2H3/t3*15-;;9-/m000.0/s1. The third-order valence-corrected chi connectivity index (χ3v) is 22.7. The minimum absolute atomic E-state index is 0.319. The highest BCUT2D eigenvalue weighted by Crippen LogP contribution is 2.46. The summed E-state index contributed by atoms with van der Waals surface area (Å²) < 4.78 is 13.0. The summed E-state index contributed by atoms with van der Waals surface area (Å²) in [6.45, 7) is 20.6. The number of anilines is 3. The molecule has 14 rings (SSSR count). The first-order chi connectivity index (χ1) is 44.4. The zero-order valence-corrected chi connectivity index (χ0v) is 60.5. The van der Waals surface area contributed by atoms with Crippen LogP contribution in [0.1, 0.15) is 148 Å². The molecule has 5 aliphatic heterocycles. The van der Waals surface area contributed by atoms with E-state index in [-0.39, 0.29) is 18.3 Å². The summed E-state index contributed by atoms with van der Waals surface area (Å²) in [5.41, 5.74) is 36.0. The molecule has 5 aliphatic rings. The summed E-state index contributed by atoms with van der Waals surface area (Å²) in [5.74, 6) is 0. The van der Waals surface area contributed by atoms with Crippen LogP contribution in [0.2, 0.25) is 15.1 Å². The van der Waals surface area contributed by atoms with Crippen molar-refractivity contribution in [3.8, 4) is 22.3 Å². The number of pyridine rings is 4. The van der Waals surface area contributed by atoms with E-state index in [0.29, 0.717) is 39.9 Å². The van der Waals surface area contributed by atoms with Crippen LogP contribution in [0.15, 0.2) is 122 Å². The molecule has 5 fully saturated rings. The summed E-state index contributed by atoms with van der Waals surface area (Å²) in [6, 6.07) is 33.8. The molecular weight excluding hydrogens is 1330 g/mol. The van der Waals surface area contributed by atoms with Crippen molar-refractivity contribution in [1.82, 2.24) is 44.5 Å². The summed E-state index contributed by atoms with van der Waals surface area (Å²) in [6.07, 6.45) is 17.7. The number of nitrogens with two attached hydrogens (primary N) is 3. The maximum absolute atomic E-state index is 6.59. The summed E-state index contributed by atoms with van der Waals surface area (Å²) in [4.78, 5) is 31.0. The molecule has 490 valence electrons. The number of benzene rings is 4. The summed E-state index contributed by atoms with van der Waals surface area (Å²) in [5, 5.41) is 4.93. The van der Waals surface area contributed by atoms with Crippen LogP contribution in [0.4, 0.5) is 17.1 Å². The quantitative estimate of drug-likeness (QED) is 0.0674. The van der Waals surface area contributed by atoms with E-state index in [2.05, 4.69) is 133 Å². The van der Waals surface area contributed by atoms with Gasteiger partial charge in [-0.25, -0.2) is 0 Å². The van der Waals surface area contributed by atoms with Gasteiger partial charge in [-0.15, -0.1) is 0 Å². The average Bonchev–Trinajstić information content (AvgIpc) is 1.70. The Morgan fingerprint density at radius 1 is 0.484 bits per heavy atom. The fraction of sp³-hybridized carbons (Fsp3) is 0.405. The highest BCUT2D eigenvalue weighted by molar-refractivity contribution is 14.1. The normalized spacial score (nSPS) is 20.4. The first-order valence-electron chi connectivity index (χ1n) is 32.6. The third-order valence-electron chi connectivity index (χ3n) is 19.8. The summed E-state index contributed by atoms with van der Waals surface area (Å²) >= 11 is 21.7. The smallest absolute Gasteiger partial charge is 0.399 e. The van der Waals surface area contributed by atoms with E-state index >= 15 is 0 Å². The molecule has 5 saturated heterocycles. The Kier molecular flexibility index (Phi) is 22.6. The molecule has 0 aliphatic carbocycles. The van der Waals surface area contributed by atoms with Crippen molar-refractivity contribution in [3.05, 3.63) is 186 Å². The Morgan fingerprint density at radius 3 is 1.29 bits per heavy atom. The molecular formula is C74H91BCl3IN12O2. The van der Waals surface area contributed by atoms with Gasteiger partial charge >= 0.3 is 7.12 Å². The van der Waals surface area contributed by atoms with Crippen molar-refractivity contribution < 1.29 is 9.31 Å². The van der Waals surface area contributed by atoms with Crippen molar-refractivity contribution in [2.45, 2.75) is 142 Å². The molecule has 7 N–H and O–H groups in total. The number of H-pyrrole nitrogens is 1. The van der Waals surface area contributed by atoms with E-state index in [1.54, 1.807) is 0 Å². The number of nitrogens with one attached hydrogen (secondary N) is 1. The lowest BCUT2D eigenvalue weighted by Crippen LogP contribution is -2.41. The van der Waals surface area contributed by atoms with Gasteiger partial charge in [-0.2, -0.15) is 0 Å². The van der Waals surface area contributed by atoms with Gasteiger partial charge in [0.15, 0.2) is 0 Å². The zero-order chi connectivity index (χ0) is 66.6. The number of fused-ring (bicyclic) bond motifs is 3. The van der Waals surface area contributed by atoms with Crippen LogP contribution in [-0.2, 0) is 9.31 Å². The van der Waals surface area contributed by atoms with Gasteiger partial charge in [0.25, 0.3) is 0 Å². The topological polar surface area (TPSA) is 177 Å². The number of likely N-dealkylation sites (tertiary alicyclic amines) is 4. The van der Waals surface area contributed by atoms with Crippen LogP contribution < -0.4 is 22.7 Å². The van der Waals surface area contributed by atoms with Gasteiger partial charge in [-0.1, -0.05) is 108 Å². The van der Waals surface area contributed by atoms with Crippen LogP contribution in [0.3, 0.4) is 0 Å². The Labute approximate surface area is 580 Å². The van der Waals surface area contributed by atoms with Crippen LogP contribution in [0.5, 0.6) is 0 Å². The molecule has 0 spiro atoms. The Hall–Kier alpha value is -5.90. The molecule has 10 heterocycles. The molecule has 4 aromatic carbocycles. The zero-order valence-electron chi connectivity index (χ0n) is 56.1. The van der Waals surface area contributed by atoms with Gasteiger partial charge < -0.3 is 31.5 Å². The first-order valence-corrected chi connectivity index (χ1v) is 34.8. The van der Waals surface area contributed by atoms with Gasteiger partial charge in [0.05, 0.1) is 54.6 Å². The predicted octanol–water partition coefficient (Wildman–Crippen LogP) is 16.9. The van der Waals surface area contributed by atoms with Gasteiger partial charge in [0, 0.05) is 119 Å². The lowest BCUT2D eigenvalue weighted by Gasteiger charge is -2.32. The molecule has 0 saturated carbocycles. The van der Waals surface area contributed by atoms with Gasteiger partial charge in [-0.3, -0.25) is 39.5 Å². The Bertz CT molecular complexity index is 3980. The van der Waals surface area contributed by atoms with E-state index in [4.69, 9.17) is 61.3 Å². The highest BCUT2D eigenvalue weighted by Gasteiger charge is 2.52. The number of halogens is 4. The molecule has 0 unspecified atom stereocenters. The molecule has 93 heavy (non-hydrogen) atoms. The van der Waals surface area contributed by atoms with Crippen LogP contribution in [0, 0.1) is 31.3 Å². The number of nitrogens with zero attached hydrogens (tertiary/aromatic N) is 8. The molecule has 14 nitrogen and oxygen atoms in total. The number of aromatic amines is 1. The second-order valence-electron chi connectivity index (χ2n) is 26.6. The van der Waals surface area contributed by atoms with Crippen LogP contribution in [0.25, 0.3) is 44.1 Å². The lowest BCUT2D eigenvalue weighted by atomic mass is 9.78. The van der Waals surface area contributed by atoms with E-state index in [0.717, 1.165) is 92.8 Å².